The van der Waals surface area contributed by atoms with E-state index in [1.165, 1.54) is 0 Å². The summed E-state index contributed by atoms with van der Waals surface area (Å²) in [6, 6.07) is 0. The second-order valence-electron chi connectivity index (χ2n) is 1.79. The molecule has 1 N–H and O–H groups in total. The molecule has 0 aromatic heterocycles. The molecule has 0 aromatic rings. The molecule has 0 fully saturated rings. The highest BCUT2D eigenvalue weighted by atomic mass is 33.1. The van der Waals surface area contributed by atoms with E-state index in [2.05, 4.69) is 0 Å². The highest BCUT2D eigenvalue weighted by Gasteiger charge is 1.94. The second kappa shape index (κ2) is 8.23. The predicted molar refractivity (Wildman–Crippen MR) is 49.0 cm³/mol. The van der Waals surface area contributed by atoms with E-state index >= 15 is 0 Å². The third-order valence-electron chi connectivity index (χ3n) is 0.860. The number of hydrogen-bond donors (Lipinski definition) is 1. The van der Waals surface area contributed by atoms with Crippen molar-refractivity contribution in [2.75, 3.05) is 25.2 Å². The first-order valence-corrected chi connectivity index (χ1v) is 5.95. The van der Waals surface area contributed by atoms with E-state index in [1.807, 2.05) is 6.26 Å². The molecule has 0 unspecified atom stereocenters. The minimum Gasteiger partial charge on any atom is -0.480 e. The zero-order chi connectivity index (χ0) is 8.53. The second-order valence-corrected chi connectivity index (χ2v) is 4.47. The van der Waals surface area contributed by atoms with Crippen LogP contribution in [-0.2, 0) is 9.53 Å². The SMILES string of the molecule is CSSCCCOCC(=O)O. The number of rotatable bonds is 7. The summed E-state index contributed by atoms with van der Waals surface area (Å²) in [7, 11) is 3.47. The van der Waals surface area contributed by atoms with Crippen molar-refractivity contribution in [1.29, 1.82) is 0 Å². The fraction of sp³-hybridized carbons (Fsp3) is 0.833. The zero-order valence-electron chi connectivity index (χ0n) is 6.41. The lowest BCUT2D eigenvalue weighted by Crippen LogP contribution is -2.07. The molecule has 0 atom stereocenters. The molecule has 3 nitrogen and oxygen atoms in total. The summed E-state index contributed by atoms with van der Waals surface area (Å²) >= 11 is 0. The Labute approximate surface area is 74.3 Å². The highest BCUT2D eigenvalue weighted by molar-refractivity contribution is 8.76. The Morgan fingerprint density at radius 3 is 2.91 bits per heavy atom. The average Bonchev–Trinajstić information content (AvgIpc) is 1.96. The Morgan fingerprint density at radius 1 is 1.64 bits per heavy atom. The molecule has 0 radical (unpaired) electrons. The van der Waals surface area contributed by atoms with Crippen LogP contribution in [0.3, 0.4) is 0 Å². The Morgan fingerprint density at radius 2 is 2.36 bits per heavy atom. The number of carboxylic acids is 1. The van der Waals surface area contributed by atoms with E-state index in [4.69, 9.17) is 9.84 Å². The maximum atomic E-state index is 9.95. The molecule has 0 aliphatic carbocycles. The fourth-order valence-electron chi connectivity index (χ4n) is 0.463. The van der Waals surface area contributed by atoms with E-state index in [9.17, 15) is 4.79 Å². The lowest BCUT2D eigenvalue weighted by Gasteiger charge is -1.98. The molecule has 0 aromatic carbocycles. The van der Waals surface area contributed by atoms with E-state index in [0.717, 1.165) is 12.2 Å². The van der Waals surface area contributed by atoms with Gasteiger partial charge in [-0.2, -0.15) is 0 Å². The molecule has 0 aliphatic rings. The number of aliphatic carboxylic acids is 1. The van der Waals surface area contributed by atoms with Crippen molar-refractivity contribution >= 4 is 27.6 Å². The first-order valence-electron chi connectivity index (χ1n) is 3.22. The summed E-state index contributed by atoms with van der Waals surface area (Å²) in [5.74, 6) is 0.114. The van der Waals surface area contributed by atoms with E-state index < -0.39 is 5.97 Å². The van der Waals surface area contributed by atoms with Crippen LogP contribution in [0.5, 0.6) is 0 Å². The normalized spacial score (nSPS) is 9.91. The quantitative estimate of drug-likeness (QED) is 0.494. The summed E-state index contributed by atoms with van der Waals surface area (Å²) in [5.41, 5.74) is 0. The molecule has 0 rings (SSSR count). The molecule has 0 saturated carbocycles. The van der Waals surface area contributed by atoms with Gasteiger partial charge in [0.25, 0.3) is 0 Å². The molecule has 0 spiro atoms. The standard InChI is InChI=1S/C6H12O3S2/c1-10-11-4-2-3-9-5-6(7)8/h2-5H2,1H3,(H,7,8). The first-order chi connectivity index (χ1) is 5.27. The van der Waals surface area contributed by atoms with Gasteiger partial charge in [0.05, 0.1) is 0 Å². The summed E-state index contributed by atoms with van der Waals surface area (Å²) in [6.45, 7) is 0.365. The summed E-state index contributed by atoms with van der Waals surface area (Å²) < 4.78 is 4.82. The Balaban J connectivity index is 2.85. The lowest BCUT2D eigenvalue weighted by atomic mass is 10.5. The monoisotopic (exact) mass is 196 g/mol. The van der Waals surface area contributed by atoms with Crippen molar-refractivity contribution < 1.29 is 14.6 Å². The Kier molecular flexibility index (Phi) is 8.33. The van der Waals surface area contributed by atoms with E-state index in [1.54, 1.807) is 21.6 Å². The molecule has 5 heteroatoms. The van der Waals surface area contributed by atoms with Gasteiger partial charge in [-0.1, -0.05) is 21.6 Å². The summed E-state index contributed by atoms with van der Waals surface area (Å²) in [4.78, 5) is 9.95. The van der Waals surface area contributed by atoms with Gasteiger partial charge in [-0.05, 0) is 12.7 Å². The number of ether oxygens (including phenoxy) is 1. The highest BCUT2D eigenvalue weighted by Crippen LogP contribution is 2.16. The van der Waals surface area contributed by atoms with Crippen molar-refractivity contribution in [3.05, 3.63) is 0 Å². The van der Waals surface area contributed by atoms with Gasteiger partial charge in [0.2, 0.25) is 0 Å². The van der Waals surface area contributed by atoms with Gasteiger partial charge in [0.15, 0.2) is 0 Å². The van der Waals surface area contributed by atoms with E-state index in [-0.39, 0.29) is 6.61 Å². The van der Waals surface area contributed by atoms with Gasteiger partial charge in [-0.25, -0.2) is 4.79 Å². The topological polar surface area (TPSA) is 46.5 Å². The van der Waals surface area contributed by atoms with Crippen LogP contribution in [0.4, 0.5) is 0 Å². The molecule has 0 amide bonds. The van der Waals surface area contributed by atoms with Crippen molar-refractivity contribution in [2.24, 2.45) is 0 Å². The predicted octanol–water partition coefficient (Wildman–Crippen LogP) is 1.49. The Hall–Kier alpha value is 0.130. The lowest BCUT2D eigenvalue weighted by molar-refractivity contribution is -0.142. The van der Waals surface area contributed by atoms with Crippen molar-refractivity contribution in [3.63, 3.8) is 0 Å². The number of hydrogen-bond acceptors (Lipinski definition) is 4. The fourth-order valence-corrected chi connectivity index (χ4v) is 1.72. The summed E-state index contributed by atoms with van der Waals surface area (Å²) in [6.07, 6.45) is 2.93. The van der Waals surface area contributed by atoms with Gasteiger partial charge in [0, 0.05) is 12.4 Å². The van der Waals surface area contributed by atoms with Crippen LogP contribution in [0.2, 0.25) is 0 Å². The van der Waals surface area contributed by atoms with Crippen LogP contribution in [0, 0.1) is 0 Å². The van der Waals surface area contributed by atoms with Crippen LogP contribution < -0.4 is 0 Å². The maximum Gasteiger partial charge on any atom is 0.329 e. The first kappa shape index (κ1) is 11.1. The van der Waals surface area contributed by atoms with Crippen molar-refractivity contribution in [1.82, 2.24) is 0 Å². The molecule has 11 heavy (non-hydrogen) atoms. The van der Waals surface area contributed by atoms with Crippen LogP contribution in [0.15, 0.2) is 0 Å². The molecule has 66 valence electrons. The largest absolute Gasteiger partial charge is 0.480 e. The van der Waals surface area contributed by atoms with Gasteiger partial charge in [-0.3, -0.25) is 0 Å². The Bertz CT molecular complexity index is 108. The molecule has 0 heterocycles. The van der Waals surface area contributed by atoms with Crippen molar-refractivity contribution in [2.45, 2.75) is 6.42 Å². The van der Waals surface area contributed by atoms with Crippen LogP contribution in [-0.4, -0.2) is 36.3 Å². The minimum absolute atomic E-state index is 0.177. The maximum absolute atomic E-state index is 9.95. The smallest absolute Gasteiger partial charge is 0.329 e. The molecular weight excluding hydrogens is 184 g/mol. The molecule has 0 saturated heterocycles. The third-order valence-corrected chi connectivity index (χ3v) is 2.76. The minimum atomic E-state index is -0.900. The molecule has 0 aliphatic heterocycles. The van der Waals surface area contributed by atoms with Gasteiger partial charge < -0.3 is 9.84 Å². The number of carbonyl (C=O) groups is 1. The average molecular weight is 196 g/mol. The van der Waals surface area contributed by atoms with Crippen LogP contribution in [0.1, 0.15) is 6.42 Å². The third kappa shape index (κ3) is 10.1. The van der Waals surface area contributed by atoms with Gasteiger partial charge in [-0.15, -0.1) is 0 Å². The van der Waals surface area contributed by atoms with Crippen molar-refractivity contribution in [3.8, 4) is 0 Å². The summed E-state index contributed by atoms with van der Waals surface area (Å²) in [5, 5.41) is 8.18. The van der Waals surface area contributed by atoms with Gasteiger partial charge >= 0.3 is 5.97 Å². The van der Waals surface area contributed by atoms with Crippen LogP contribution >= 0.6 is 21.6 Å². The number of carboxylic acid groups (broad SMARTS) is 1. The van der Waals surface area contributed by atoms with E-state index in [0.29, 0.717) is 6.61 Å². The van der Waals surface area contributed by atoms with Crippen LogP contribution in [0.25, 0.3) is 0 Å². The zero-order valence-corrected chi connectivity index (χ0v) is 8.04. The molecular formula is C6H12O3S2. The molecule has 0 bridgehead atoms. The van der Waals surface area contributed by atoms with Gasteiger partial charge in [0.1, 0.15) is 6.61 Å².